The van der Waals surface area contributed by atoms with Gasteiger partial charge in [-0.3, -0.25) is 0 Å². The fraction of sp³-hybridized carbons (Fsp3) is 0.389. The lowest BCUT2D eigenvalue weighted by molar-refractivity contribution is 0.0318. The number of rotatable bonds is 5. The lowest BCUT2D eigenvalue weighted by Gasteiger charge is -2.40. The van der Waals surface area contributed by atoms with E-state index >= 15 is 0 Å². The maximum atomic E-state index is 11.6. The topological polar surface area (TPSA) is 117 Å². The third-order valence-corrected chi connectivity index (χ3v) is 4.63. The predicted octanol–water partition coefficient (Wildman–Crippen LogP) is 1.40. The molecule has 26 heavy (non-hydrogen) atoms. The van der Waals surface area contributed by atoms with Crippen molar-refractivity contribution in [1.82, 2.24) is 4.90 Å². The van der Waals surface area contributed by atoms with Gasteiger partial charge in [-0.05, 0) is 30.2 Å². The van der Waals surface area contributed by atoms with E-state index in [1.54, 1.807) is 25.3 Å². The number of nitrogens with two attached hydrogens (primary N) is 3. The van der Waals surface area contributed by atoms with Crippen molar-refractivity contribution in [3.05, 3.63) is 58.1 Å². The van der Waals surface area contributed by atoms with E-state index in [0.717, 1.165) is 12.0 Å². The highest BCUT2D eigenvalue weighted by Crippen LogP contribution is 2.32. The number of allylic oxidation sites excluding steroid dienone is 1. The number of halogens is 1. The number of carbonyl (C=O) groups is 1. The minimum atomic E-state index is -0.367. The molecule has 0 bridgehead atoms. The summed E-state index contributed by atoms with van der Waals surface area (Å²) in [5, 5.41) is 0.112. The lowest BCUT2D eigenvalue weighted by atomic mass is 9.87. The lowest BCUT2D eigenvalue weighted by Crippen LogP contribution is -2.43. The number of piperidine rings is 1. The summed E-state index contributed by atoms with van der Waals surface area (Å²) in [6, 6.07) is 7.32. The maximum Gasteiger partial charge on any atom is 0.337 e. The van der Waals surface area contributed by atoms with Crippen LogP contribution in [0.25, 0.3) is 0 Å². The molecule has 6 N–H and O–H groups in total. The Morgan fingerprint density at radius 3 is 2.38 bits per heavy atom. The zero-order chi connectivity index (χ0) is 19.3. The second-order valence-corrected chi connectivity index (χ2v) is 6.54. The summed E-state index contributed by atoms with van der Waals surface area (Å²) in [5.41, 5.74) is 19.4. The SMILES string of the molecule is COC(=O)c1ccc(C2CN(C(/C=C(\N)Cl)=C(N)N)CCC2OC)cc1. The summed E-state index contributed by atoms with van der Waals surface area (Å²) >= 11 is 5.80. The number of ether oxygens (including phenoxy) is 2. The Morgan fingerprint density at radius 2 is 1.88 bits per heavy atom. The molecule has 0 saturated carbocycles. The number of methoxy groups -OCH3 is 2. The van der Waals surface area contributed by atoms with Crippen molar-refractivity contribution in [3.63, 3.8) is 0 Å². The summed E-state index contributed by atoms with van der Waals surface area (Å²) in [6.45, 7) is 1.34. The third kappa shape index (κ3) is 4.62. The van der Waals surface area contributed by atoms with Gasteiger partial charge in [-0.1, -0.05) is 23.7 Å². The van der Waals surface area contributed by atoms with Crippen LogP contribution in [0.15, 0.2) is 47.0 Å². The van der Waals surface area contributed by atoms with Crippen LogP contribution in [-0.2, 0) is 9.47 Å². The Morgan fingerprint density at radius 1 is 1.23 bits per heavy atom. The molecule has 2 unspecified atom stereocenters. The summed E-state index contributed by atoms with van der Waals surface area (Å²) in [6.07, 6.45) is 2.38. The van der Waals surface area contributed by atoms with Gasteiger partial charge in [0.1, 0.15) is 11.0 Å². The highest BCUT2D eigenvalue weighted by molar-refractivity contribution is 6.29. The quantitative estimate of drug-likeness (QED) is 0.401. The number of carbonyl (C=O) groups excluding carboxylic acids is 1. The van der Waals surface area contributed by atoms with Gasteiger partial charge in [0.2, 0.25) is 0 Å². The summed E-state index contributed by atoms with van der Waals surface area (Å²) in [7, 11) is 3.05. The maximum absolute atomic E-state index is 11.6. The van der Waals surface area contributed by atoms with Crippen LogP contribution in [0.3, 0.4) is 0 Å². The van der Waals surface area contributed by atoms with E-state index in [-0.39, 0.29) is 29.0 Å². The number of nitrogens with zero attached hydrogens (tertiary/aromatic N) is 1. The molecule has 7 nitrogen and oxygen atoms in total. The molecular formula is C18H25ClN4O3. The minimum Gasteiger partial charge on any atom is -0.465 e. The van der Waals surface area contributed by atoms with Crippen molar-refractivity contribution in [2.75, 3.05) is 27.3 Å². The smallest absolute Gasteiger partial charge is 0.337 e. The van der Waals surface area contributed by atoms with Crippen molar-refractivity contribution < 1.29 is 14.3 Å². The molecule has 1 heterocycles. The molecule has 2 atom stereocenters. The molecule has 1 saturated heterocycles. The first-order valence-corrected chi connectivity index (χ1v) is 8.59. The molecule has 1 fully saturated rings. The number of hydrogen-bond acceptors (Lipinski definition) is 7. The molecule has 0 aliphatic carbocycles. The Hall–Kier alpha value is -2.38. The van der Waals surface area contributed by atoms with E-state index in [0.29, 0.717) is 24.4 Å². The number of benzene rings is 1. The first-order valence-electron chi connectivity index (χ1n) is 8.21. The standard InChI is InChI=1S/C18H25ClN4O3/c1-25-15-7-8-23(14(17(21)22)9-16(19)20)10-13(15)11-3-5-12(6-4-11)18(24)26-2/h3-6,9,13,15H,7-8,10,20-22H2,1-2H3/b16-9-. The van der Waals surface area contributed by atoms with Gasteiger partial charge in [-0.15, -0.1) is 0 Å². The van der Waals surface area contributed by atoms with Gasteiger partial charge in [-0.25, -0.2) is 4.79 Å². The third-order valence-electron chi connectivity index (χ3n) is 4.52. The average Bonchev–Trinajstić information content (AvgIpc) is 2.64. The van der Waals surface area contributed by atoms with Crippen LogP contribution >= 0.6 is 11.6 Å². The van der Waals surface area contributed by atoms with E-state index in [1.807, 2.05) is 17.0 Å². The highest BCUT2D eigenvalue weighted by Gasteiger charge is 2.31. The van der Waals surface area contributed by atoms with Crippen molar-refractivity contribution in [3.8, 4) is 0 Å². The first kappa shape index (κ1) is 19.9. The number of esters is 1. The molecule has 2 rings (SSSR count). The monoisotopic (exact) mass is 380 g/mol. The molecule has 0 spiro atoms. The summed E-state index contributed by atoms with van der Waals surface area (Å²) in [4.78, 5) is 13.7. The van der Waals surface area contributed by atoms with Gasteiger partial charge in [0.15, 0.2) is 0 Å². The van der Waals surface area contributed by atoms with Crippen LogP contribution < -0.4 is 17.2 Å². The van der Waals surface area contributed by atoms with Gasteiger partial charge < -0.3 is 31.6 Å². The number of hydrogen-bond donors (Lipinski definition) is 3. The molecule has 8 heteroatoms. The van der Waals surface area contributed by atoms with Crippen molar-refractivity contribution >= 4 is 17.6 Å². The first-order chi connectivity index (χ1) is 12.4. The molecule has 0 amide bonds. The highest BCUT2D eigenvalue weighted by atomic mass is 35.5. The second kappa shape index (κ2) is 8.82. The van der Waals surface area contributed by atoms with E-state index in [4.69, 9.17) is 38.3 Å². The van der Waals surface area contributed by atoms with Gasteiger partial charge >= 0.3 is 5.97 Å². The van der Waals surface area contributed by atoms with Crippen LogP contribution in [0, 0.1) is 0 Å². The fourth-order valence-corrected chi connectivity index (χ4v) is 3.33. The van der Waals surface area contributed by atoms with Crippen LogP contribution in [0.5, 0.6) is 0 Å². The predicted molar refractivity (Wildman–Crippen MR) is 101 cm³/mol. The Kier molecular flexibility index (Phi) is 6.76. The van der Waals surface area contributed by atoms with Crippen molar-refractivity contribution in [2.24, 2.45) is 17.2 Å². The van der Waals surface area contributed by atoms with E-state index in [1.165, 1.54) is 7.11 Å². The van der Waals surface area contributed by atoms with E-state index < -0.39 is 0 Å². The zero-order valence-electron chi connectivity index (χ0n) is 14.9. The minimum absolute atomic E-state index is 0.0350. The van der Waals surface area contributed by atoms with Gasteiger partial charge in [-0.2, -0.15) is 0 Å². The molecule has 1 aromatic carbocycles. The Bertz CT molecular complexity index is 695. The zero-order valence-corrected chi connectivity index (χ0v) is 15.7. The normalized spacial score (nSPS) is 20.6. The molecule has 142 valence electrons. The number of likely N-dealkylation sites (tertiary alicyclic amines) is 1. The molecule has 0 radical (unpaired) electrons. The average molecular weight is 381 g/mol. The summed E-state index contributed by atoms with van der Waals surface area (Å²) in [5.74, 6) is -0.141. The molecule has 0 aromatic heterocycles. The van der Waals surface area contributed by atoms with Crippen molar-refractivity contribution in [2.45, 2.75) is 18.4 Å². The molecule has 1 aliphatic rings. The second-order valence-electron chi connectivity index (χ2n) is 6.10. The molecule has 1 aliphatic heterocycles. The van der Waals surface area contributed by atoms with Gasteiger partial charge in [0.05, 0.1) is 24.5 Å². The van der Waals surface area contributed by atoms with Crippen LogP contribution in [0.2, 0.25) is 0 Å². The van der Waals surface area contributed by atoms with E-state index in [9.17, 15) is 4.79 Å². The Balaban J connectivity index is 2.29. The largest absolute Gasteiger partial charge is 0.465 e. The molecular weight excluding hydrogens is 356 g/mol. The Labute approximate surface area is 158 Å². The van der Waals surface area contributed by atoms with Crippen LogP contribution in [0.1, 0.15) is 28.3 Å². The molecule has 1 aromatic rings. The van der Waals surface area contributed by atoms with Gasteiger partial charge in [0.25, 0.3) is 0 Å². The fourth-order valence-electron chi connectivity index (χ4n) is 3.22. The van der Waals surface area contributed by atoms with Crippen LogP contribution in [0.4, 0.5) is 0 Å². The van der Waals surface area contributed by atoms with Crippen LogP contribution in [-0.4, -0.2) is 44.3 Å². The van der Waals surface area contributed by atoms with Crippen molar-refractivity contribution in [1.29, 1.82) is 0 Å². The van der Waals surface area contributed by atoms with E-state index in [2.05, 4.69) is 0 Å². The summed E-state index contributed by atoms with van der Waals surface area (Å²) < 4.78 is 10.4. The van der Waals surface area contributed by atoms with Gasteiger partial charge in [0, 0.05) is 26.1 Å².